The van der Waals surface area contributed by atoms with Crippen molar-refractivity contribution < 1.29 is 19.2 Å². The molecule has 4 rings (SSSR count). The van der Waals surface area contributed by atoms with Gasteiger partial charge in [0.15, 0.2) is 0 Å². The predicted molar refractivity (Wildman–Crippen MR) is 106 cm³/mol. The Morgan fingerprint density at radius 1 is 0.852 bits per heavy atom. The van der Waals surface area contributed by atoms with Crippen molar-refractivity contribution in [3.63, 3.8) is 0 Å². The molecule has 4 aliphatic rings. The summed E-state index contributed by atoms with van der Waals surface area (Å²) in [5.74, 6) is -1.78. The molecule has 0 aromatic heterocycles. The van der Waals surface area contributed by atoms with E-state index in [2.05, 4.69) is 27.7 Å². The third-order valence-electron chi connectivity index (χ3n) is 6.15. The summed E-state index contributed by atoms with van der Waals surface area (Å²) in [4.78, 5) is 45.1. The quantitative estimate of drug-likeness (QED) is 0.616. The molecule has 142 valence electrons. The Bertz CT molecular complexity index is 927. The van der Waals surface area contributed by atoms with Crippen LogP contribution in [-0.4, -0.2) is 32.3 Å². The van der Waals surface area contributed by atoms with E-state index < -0.39 is 17.8 Å². The van der Waals surface area contributed by atoms with E-state index in [-0.39, 0.29) is 9.49 Å². The first-order valence-electron chi connectivity index (χ1n) is 8.76. The van der Waals surface area contributed by atoms with Gasteiger partial charge in [0.2, 0.25) is 0 Å². The normalized spacial score (nSPS) is 32.6. The van der Waals surface area contributed by atoms with E-state index in [4.69, 9.17) is 4.84 Å². The first-order valence-corrected chi connectivity index (χ1v) is 10.4. The van der Waals surface area contributed by atoms with Gasteiger partial charge in [0.1, 0.15) is 0 Å². The number of carbonyl (C=O) groups is 3. The van der Waals surface area contributed by atoms with Crippen LogP contribution < -0.4 is 0 Å². The summed E-state index contributed by atoms with van der Waals surface area (Å²) < 4.78 is -0.775. The van der Waals surface area contributed by atoms with Gasteiger partial charge in [-0.25, -0.2) is 4.79 Å². The van der Waals surface area contributed by atoms with Crippen molar-refractivity contribution in [2.24, 2.45) is 0 Å². The van der Waals surface area contributed by atoms with E-state index in [9.17, 15) is 14.4 Å². The molecule has 0 saturated carbocycles. The summed E-state index contributed by atoms with van der Waals surface area (Å²) in [7, 11) is 0. The molecule has 0 radical (unpaired) electrons. The lowest BCUT2D eigenvalue weighted by molar-refractivity contribution is -0.194. The summed E-state index contributed by atoms with van der Waals surface area (Å²) in [6.45, 7) is 13.6. The minimum Gasteiger partial charge on any atom is -0.330 e. The fraction of sp³-hybridized carbons (Fsp3) is 0.450. The average molecular weight is 404 g/mol. The van der Waals surface area contributed by atoms with E-state index in [1.165, 1.54) is 6.92 Å². The Balaban J connectivity index is 2.11. The maximum absolute atomic E-state index is 13.2. The first-order chi connectivity index (χ1) is 12.5. The van der Waals surface area contributed by atoms with Crippen LogP contribution in [0.15, 0.2) is 43.2 Å². The van der Waals surface area contributed by atoms with Crippen LogP contribution in [0.4, 0.5) is 0 Å². The summed E-state index contributed by atoms with van der Waals surface area (Å²) in [5.41, 5.74) is 4.65. The molecule has 0 aromatic carbocycles. The van der Waals surface area contributed by atoms with Crippen LogP contribution in [0.1, 0.15) is 48.5 Å². The summed E-state index contributed by atoms with van der Waals surface area (Å²) >= 11 is 3.51. The molecule has 1 fully saturated rings. The second kappa shape index (κ2) is 5.41. The van der Waals surface area contributed by atoms with E-state index in [0.29, 0.717) is 16.2 Å². The monoisotopic (exact) mass is 403 g/mol. The molecule has 2 unspecified atom stereocenters. The number of nitrogens with zero attached hydrogens (tertiary/aromatic N) is 1. The summed E-state index contributed by atoms with van der Waals surface area (Å²) in [6, 6.07) is 0. The average Bonchev–Trinajstić information content (AvgIpc) is 3.04. The van der Waals surface area contributed by atoms with E-state index in [1.54, 1.807) is 23.5 Å². The highest BCUT2D eigenvalue weighted by atomic mass is 32.2. The van der Waals surface area contributed by atoms with Gasteiger partial charge in [0.05, 0.1) is 20.6 Å². The van der Waals surface area contributed by atoms with Crippen LogP contribution in [0.25, 0.3) is 0 Å². The van der Waals surface area contributed by atoms with Gasteiger partial charge < -0.3 is 4.84 Å². The molecule has 2 amide bonds. The Morgan fingerprint density at radius 3 is 1.56 bits per heavy atom. The number of allylic oxidation sites excluding steroid dienone is 4. The molecular formula is C20H21NO4S2. The van der Waals surface area contributed by atoms with Gasteiger partial charge in [-0.05, 0) is 73.6 Å². The minimum absolute atomic E-state index is 0.388. The third-order valence-corrected chi connectivity index (χ3v) is 9.55. The lowest BCUT2D eigenvalue weighted by Gasteiger charge is -2.46. The van der Waals surface area contributed by atoms with E-state index in [0.717, 1.165) is 32.1 Å². The van der Waals surface area contributed by atoms with Crippen molar-refractivity contribution >= 4 is 41.3 Å². The van der Waals surface area contributed by atoms with Crippen LogP contribution in [0.3, 0.4) is 0 Å². The van der Waals surface area contributed by atoms with Gasteiger partial charge in [-0.2, -0.15) is 0 Å². The predicted octanol–water partition coefficient (Wildman–Crippen LogP) is 4.04. The fourth-order valence-corrected chi connectivity index (χ4v) is 7.94. The van der Waals surface area contributed by atoms with E-state index in [1.807, 2.05) is 13.8 Å². The summed E-state index contributed by atoms with van der Waals surface area (Å²) in [5, 5.41) is 0.635. The number of hydrogen-bond donors (Lipinski definition) is 0. The molecule has 0 N–H and O–H groups in total. The van der Waals surface area contributed by atoms with Crippen molar-refractivity contribution in [3.05, 3.63) is 43.2 Å². The van der Waals surface area contributed by atoms with Crippen LogP contribution in [0, 0.1) is 0 Å². The Labute approximate surface area is 166 Å². The zero-order valence-electron chi connectivity index (χ0n) is 16.4. The molecule has 5 nitrogen and oxygen atoms in total. The zero-order chi connectivity index (χ0) is 20.0. The van der Waals surface area contributed by atoms with Gasteiger partial charge in [0, 0.05) is 6.92 Å². The molecule has 0 bridgehead atoms. The molecule has 2 atom stereocenters. The second-order valence-corrected chi connectivity index (χ2v) is 10.9. The maximum Gasteiger partial charge on any atom is 0.330 e. The third kappa shape index (κ3) is 2.02. The van der Waals surface area contributed by atoms with Crippen molar-refractivity contribution in [1.29, 1.82) is 0 Å². The molecule has 1 saturated heterocycles. The Hall–Kier alpha value is -1.73. The fourth-order valence-electron chi connectivity index (χ4n) is 4.64. The highest BCUT2D eigenvalue weighted by Gasteiger charge is 2.64. The molecule has 0 aromatic rings. The van der Waals surface area contributed by atoms with Crippen LogP contribution >= 0.6 is 23.5 Å². The highest BCUT2D eigenvalue weighted by Crippen LogP contribution is 2.70. The second-order valence-electron chi connectivity index (χ2n) is 7.62. The molecule has 3 heterocycles. The van der Waals surface area contributed by atoms with Crippen LogP contribution in [-0.2, 0) is 19.2 Å². The first kappa shape index (κ1) is 18.6. The standard InChI is InChI=1S/C20H21NO4S2/c1-8-10(3)26-19(6)15(8)13-14(16-9(2)11(4)27-20(16,19)7)18(24)21(17(13)23)25-12(5)22/h1-7H3. The summed E-state index contributed by atoms with van der Waals surface area (Å²) in [6.07, 6.45) is 0. The topological polar surface area (TPSA) is 63.7 Å². The molecule has 1 aliphatic carbocycles. The number of hydrogen-bond acceptors (Lipinski definition) is 6. The Kier molecular flexibility index (Phi) is 3.73. The number of amides is 2. The number of rotatable bonds is 1. The number of imide groups is 1. The van der Waals surface area contributed by atoms with Crippen molar-refractivity contribution in [2.75, 3.05) is 0 Å². The number of thioether (sulfide) groups is 2. The van der Waals surface area contributed by atoms with Gasteiger partial charge in [-0.1, -0.05) is 5.06 Å². The molecular weight excluding hydrogens is 382 g/mol. The van der Waals surface area contributed by atoms with Gasteiger partial charge in [-0.3, -0.25) is 9.59 Å². The smallest absolute Gasteiger partial charge is 0.330 e. The molecule has 7 heteroatoms. The van der Waals surface area contributed by atoms with Gasteiger partial charge >= 0.3 is 5.97 Å². The Morgan fingerprint density at radius 2 is 1.22 bits per heavy atom. The highest BCUT2D eigenvalue weighted by molar-refractivity contribution is 8.09. The van der Waals surface area contributed by atoms with Crippen LogP contribution in [0.5, 0.6) is 0 Å². The number of hydroxylamine groups is 2. The minimum atomic E-state index is -0.689. The van der Waals surface area contributed by atoms with Crippen molar-refractivity contribution in [3.8, 4) is 0 Å². The SMILES string of the molecule is CC(=O)ON1C(=O)C2=C3C(C)=C(C)SC3(C)C3(C)SC(C)=C(C)C3=C2C1=O. The molecule has 27 heavy (non-hydrogen) atoms. The van der Waals surface area contributed by atoms with Crippen LogP contribution in [0.2, 0.25) is 0 Å². The van der Waals surface area contributed by atoms with Crippen molar-refractivity contribution in [2.45, 2.75) is 58.0 Å². The molecule has 0 spiro atoms. The van der Waals surface area contributed by atoms with Crippen molar-refractivity contribution in [1.82, 2.24) is 5.06 Å². The van der Waals surface area contributed by atoms with Gasteiger partial charge in [-0.15, -0.1) is 23.5 Å². The molecule has 3 aliphatic heterocycles. The largest absolute Gasteiger partial charge is 0.330 e. The number of fused-ring (bicyclic) bond motifs is 4. The van der Waals surface area contributed by atoms with E-state index >= 15 is 0 Å². The lowest BCUT2D eigenvalue weighted by atomic mass is 9.68. The zero-order valence-corrected chi connectivity index (χ0v) is 18.0. The maximum atomic E-state index is 13.2. The number of carbonyl (C=O) groups excluding carboxylic acids is 3. The lowest BCUT2D eigenvalue weighted by Crippen LogP contribution is -2.48. The van der Waals surface area contributed by atoms with Gasteiger partial charge in [0.25, 0.3) is 11.8 Å².